The van der Waals surface area contributed by atoms with E-state index in [1.807, 2.05) is 6.92 Å². The molecular weight excluding hydrogens is 524 g/mol. The van der Waals surface area contributed by atoms with E-state index in [4.69, 9.17) is 10.4 Å². The van der Waals surface area contributed by atoms with Crippen LogP contribution in [-0.2, 0) is 34.0 Å². The summed E-state index contributed by atoms with van der Waals surface area (Å²) < 4.78 is 51.7. The van der Waals surface area contributed by atoms with Crippen molar-refractivity contribution in [3.8, 4) is 0 Å². The fraction of sp³-hybridized carbons (Fsp3) is 0.750. The molecule has 0 saturated heterocycles. The van der Waals surface area contributed by atoms with E-state index >= 15 is 0 Å². The molecule has 4 atom stereocenters. The normalized spacial score (nSPS) is 31.1. The number of nitrogens with one attached hydrogen (secondary N) is 1. The third-order valence-corrected chi connectivity index (χ3v) is 13.8. The summed E-state index contributed by atoms with van der Waals surface area (Å²) in [5.41, 5.74) is 0.297. The van der Waals surface area contributed by atoms with Crippen molar-refractivity contribution in [2.75, 3.05) is 12.3 Å². The van der Waals surface area contributed by atoms with Crippen LogP contribution < -0.4 is 10.5 Å². The summed E-state index contributed by atoms with van der Waals surface area (Å²) >= 11 is 1.76. The summed E-state index contributed by atoms with van der Waals surface area (Å²) in [6, 6.07) is 1.23. The number of sulfone groups is 1. The van der Waals surface area contributed by atoms with Crippen LogP contribution in [0.25, 0.3) is 0 Å². The Morgan fingerprint density at radius 3 is 2.56 bits per heavy atom. The Morgan fingerprint density at radius 2 is 2.06 bits per heavy atom. The van der Waals surface area contributed by atoms with Crippen molar-refractivity contribution in [2.45, 2.75) is 73.1 Å². The smallest absolute Gasteiger partial charge is 0.247 e. The number of ketones is 1. The van der Waals surface area contributed by atoms with Crippen molar-refractivity contribution < 1.29 is 36.3 Å². The van der Waals surface area contributed by atoms with E-state index in [9.17, 15) is 21.6 Å². The molecule has 4 N–H and O–H groups in total. The van der Waals surface area contributed by atoms with Gasteiger partial charge in [0.1, 0.15) is 14.2 Å². The van der Waals surface area contributed by atoms with Gasteiger partial charge in [0.15, 0.2) is 9.84 Å². The Bertz CT molecular complexity index is 1130. The van der Waals surface area contributed by atoms with Crippen molar-refractivity contribution >= 4 is 49.0 Å². The highest BCUT2D eigenvalue weighted by Crippen LogP contribution is 2.64. The van der Waals surface area contributed by atoms with Gasteiger partial charge in [0.05, 0.1) is 5.25 Å². The van der Waals surface area contributed by atoms with Crippen LogP contribution in [0.15, 0.2) is 14.5 Å². The molecule has 0 radical (unpaired) electrons. The van der Waals surface area contributed by atoms with E-state index in [0.29, 0.717) is 42.4 Å². The molecule has 2 saturated carbocycles. The molecule has 10 nitrogen and oxygen atoms in total. The summed E-state index contributed by atoms with van der Waals surface area (Å²) in [5.74, 6) is 1.43. The van der Waals surface area contributed by atoms with Gasteiger partial charge in [0, 0.05) is 41.2 Å². The molecule has 34 heavy (non-hydrogen) atoms. The molecule has 1 unspecified atom stereocenters. The van der Waals surface area contributed by atoms with E-state index in [0.717, 1.165) is 36.2 Å². The minimum atomic E-state index is -3.88. The number of thiophene rings is 1. The zero-order valence-corrected chi connectivity index (χ0v) is 22.8. The SMILES string of the molecule is CC1(C)C2CC[C@]1(CSOOO)C(=O)C2.CCN[C@H]1C[C@H](C)S(=O)(=O)c2sc(S(N)(=O)=O)cc21. The van der Waals surface area contributed by atoms with Crippen LogP contribution in [-0.4, -0.2) is 45.4 Å². The first-order chi connectivity index (χ1) is 15.7. The Hall–Kier alpha value is -0.580. The minimum absolute atomic E-state index is 0.0515. The van der Waals surface area contributed by atoms with Gasteiger partial charge in [-0.05, 0) is 50.1 Å². The summed E-state index contributed by atoms with van der Waals surface area (Å²) in [6.07, 6.45) is 3.20. The van der Waals surface area contributed by atoms with Crippen LogP contribution >= 0.6 is 23.4 Å². The second-order valence-corrected chi connectivity index (χ2v) is 15.7. The average Bonchev–Trinajstić information content (AvgIpc) is 3.35. The van der Waals surface area contributed by atoms with Crippen LogP contribution in [0.5, 0.6) is 0 Å². The predicted octanol–water partition coefficient (Wildman–Crippen LogP) is 3.06. The lowest BCUT2D eigenvalue weighted by molar-refractivity contribution is -0.432. The highest BCUT2D eigenvalue weighted by molar-refractivity contribution is 7.95. The van der Waals surface area contributed by atoms with Crippen molar-refractivity contribution in [2.24, 2.45) is 21.9 Å². The van der Waals surface area contributed by atoms with E-state index < -0.39 is 25.1 Å². The molecule has 194 valence electrons. The number of hydrogen-bond acceptors (Lipinski definition) is 11. The maximum atomic E-state index is 12.2. The lowest BCUT2D eigenvalue weighted by Crippen LogP contribution is -2.38. The first-order valence-electron chi connectivity index (χ1n) is 11.0. The largest absolute Gasteiger partial charge is 0.310 e. The molecule has 4 rings (SSSR count). The summed E-state index contributed by atoms with van der Waals surface area (Å²) in [4.78, 5) is 12.0. The molecule has 0 spiro atoms. The van der Waals surface area contributed by atoms with E-state index in [1.165, 1.54) is 6.07 Å². The molecule has 1 aromatic heterocycles. The van der Waals surface area contributed by atoms with Gasteiger partial charge in [0.2, 0.25) is 10.0 Å². The molecule has 0 aromatic carbocycles. The number of sulfonamides is 1. The second kappa shape index (κ2) is 10.1. The Balaban J connectivity index is 0.000000196. The van der Waals surface area contributed by atoms with E-state index in [-0.39, 0.29) is 25.3 Å². The maximum Gasteiger partial charge on any atom is 0.247 e. The summed E-state index contributed by atoms with van der Waals surface area (Å²) in [5, 5.41) is 19.4. The monoisotopic (exact) mass is 556 g/mol. The molecule has 2 bridgehead atoms. The van der Waals surface area contributed by atoms with Gasteiger partial charge in [0.25, 0.3) is 0 Å². The zero-order valence-electron chi connectivity index (χ0n) is 19.6. The van der Waals surface area contributed by atoms with Gasteiger partial charge in [-0.3, -0.25) is 4.79 Å². The molecule has 3 aliphatic rings. The standard InChI is InChI=1S/C10H16N2O4S3.C10H16O4S/c1-3-12-8-4-6(2)18(13,14)10-7(8)5-9(17-10)19(11,15)16;1-9(2)7-3-4-10(9,8(11)5-7)6-15-14-13-12/h5-6,8,12H,3-4H2,1-2H3,(H2,11,15,16);7,12H,3-6H2,1-2H3/t6-,8-;7?,10-/m00/s1. The van der Waals surface area contributed by atoms with Crippen LogP contribution in [0.2, 0.25) is 0 Å². The van der Waals surface area contributed by atoms with Gasteiger partial charge >= 0.3 is 0 Å². The fourth-order valence-corrected chi connectivity index (χ4v) is 10.8. The van der Waals surface area contributed by atoms with Crippen molar-refractivity contribution in [3.05, 3.63) is 11.6 Å². The van der Waals surface area contributed by atoms with Crippen LogP contribution in [0.4, 0.5) is 0 Å². The lowest BCUT2D eigenvalue weighted by atomic mass is 9.70. The highest BCUT2D eigenvalue weighted by atomic mass is 32.3. The molecule has 14 heteroatoms. The zero-order chi connectivity index (χ0) is 25.5. The van der Waals surface area contributed by atoms with Gasteiger partial charge in [-0.15, -0.1) is 15.7 Å². The number of primary sulfonamides is 1. The van der Waals surface area contributed by atoms with Crippen molar-refractivity contribution in [1.29, 1.82) is 0 Å². The molecule has 2 heterocycles. The lowest BCUT2D eigenvalue weighted by Gasteiger charge is -2.35. The van der Waals surface area contributed by atoms with Crippen molar-refractivity contribution in [3.63, 3.8) is 0 Å². The molecule has 2 aliphatic carbocycles. The van der Waals surface area contributed by atoms with E-state index in [2.05, 4.69) is 28.5 Å². The van der Waals surface area contributed by atoms with Crippen LogP contribution in [0.1, 0.15) is 65.0 Å². The Morgan fingerprint density at radius 1 is 1.38 bits per heavy atom. The quantitative estimate of drug-likeness (QED) is 0.197. The number of Topliss-reactive ketones (excluding diaryl/α,β-unsaturated/α-hetero) is 1. The first-order valence-corrected chi connectivity index (χ1v) is 15.8. The average molecular weight is 557 g/mol. The van der Waals surface area contributed by atoms with Crippen molar-refractivity contribution in [1.82, 2.24) is 5.32 Å². The van der Waals surface area contributed by atoms with Crippen LogP contribution in [0, 0.1) is 16.7 Å². The first kappa shape index (κ1) is 28.0. The van der Waals surface area contributed by atoms with Crippen LogP contribution in [0.3, 0.4) is 0 Å². The van der Waals surface area contributed by atoms with E-state index in [1.54, 1.807) is 6.92 Å². The number of fused-ring (bicyclic) bond motifs is 3. The summed E-state index contributed by atoms with van der Waals surface area (Å²) in [7, 11) is -7.33. The Labute approximate surface area is 209 Å². The maximum absolute atomic E-state index is 12.2. The molecule has 0 amide bonds. The number of carbonyl (C=O) groups is 1. The topological polar surface area (TPSA) is 162 Å². The minimum Gasteiger partial charge on any atom is -0.310 e. The Kier molecular flexibility index (Phi) is 8.28. The summed E-state index contributed by atoms with van der Waals surface area (Å²) in [6.45, 7) is 8.56. The van der Waals surface area contributed by atoms with Gasteiger partial charge in [-0.1, -0.05) is 25.8 Å². The number of rotatable bonds is 7. The molecule has 1 aliphatic heterocycles. The number of hydrogen-bond donors (Lipinski definition) is 3. The molecule has 2 fully saturated rings. The highest BCUT2D eigenvalue weighted by Gasteiger charge is 2.64. The predicted molar refractivity (Wildman–Crippen MR) is 129 cm³/mol. The molecular formula is C20H32N2O8S4. The fourth-order valence-electron chi connectivity index (χ4n) is 5.43. The third-order valence-electron chi connectivity index (χ3n) is 7.69. The van der Waals surface area contributed by atoms with Gasteiger partial charge < -0.3 is 5.32 Å². The number of nitrogens with two attached hydrogens (primary N) is 1. The second-order valence-electron chi connectivity index (χ2n) is 9.63. The third kappa shape index (κ3) is 4.85. The van der Waals surface area contributed by atoms with Gasteiger partial charge in [-0.2, -0.15) is 0 Å². The number of carbonyl (C=O) groups excluding carboxylic acids is 1. The molecule has 1 aromatic rings. The van der Waals surface area contributed by atoms with Gasteiger partial charge in [-0.25, -0.2) is 27.2 Å².